The fourth-order valence-electron chi connectivity index (χ4n) is 3.19. The fraction of sp³-hybridized carbons (Fsp3) is 0.0455. The molecule has 0 atom stereocenters. The molecule has 0 aliphatic heterocycles. The first-order valence-corrected chi connectivity index (χ1v) is 9.08. The number of nitrogens with two attached hydrogens (primary N) is 1. The van der Waals surface area contributed by atoms with Gasteiger partial charge in [0.2, 0.25) is 5.91 Å². The Hall–Kier alpha value is -4.13. The quantitative estimate of drug-likeness (QED) is 0.304. The molecule has 0 unspecified atom stereocenters. The first-order valence-electron chi connectivity index (χ1n) is 9.08. The Bertz CT molecular complexity index is 1230. The highest BCUT2D eigenvalue weighted by Crippen LogP contribution is 2.29. The minimum absolute atomic E-state index is 0.125. The molecule has 7 nitrogen and oxygen atoms in total. The van der Waals surface area contributed by atoms with E-state index in [0.29, 0.717) is 22.8 Å². The average molecular weight is 384 g/mol. The summed E-state index contributed by atoms with van der Waals surface area (Å²) in [5.41, 5.74) is 10.3. The minimum atomic E-state index is -0.125. The molecule has 144 valence electrons. The van der Waals surface area contributed by atoms with Gasteiger partial charge in [0, 0.05) is 41.2 Å². The largest absolute Gasteiger partial charge is 0.398 e. The van der Waals surface area contributed by atoms with E-state index in [-0.39, 0.29) is 5.91 Å². The smallest absolute Gasteiger partial charge is 0.221 e. The van der Waals surface area contributed by atoms with Gasteiger partial charge in [-0.1, -0.05) is 18.2 Å². The summed E-state index contributed by atoms with van der Waals surface area (Å²) in [7, 11) is 0. The number of anilines is 4. The first kappa shape index (κ1) is 18.2. The van der Waals surface area contributed by atoms with E-state index in [9.17, 15) is 4.79 Å². The van der Waals surface area contributed by atoms with Crippen molar-refractivity contribution in [2.45, 2.75) is 6.92 Å². The SMILES string of the molecule is CC(=O)Nc1cccc(-n2nc(Nc3ccc(N)c(C=N)c3)c3ccccc32)c1. The van der Waals surface area contributed by atoms with E-state index in [1.807, 2.05) is 65.3 Å². The van der Waals surface area contributed by atoms with Crippen molar-refractivity contribution in [2.75, 3.05) is 16.4 Å². The van der Waals surface area contributed by atoms with Gasteiger partial charge in [-0.15, -0.1) is 5.10 Å². The van der Waals surface area contributed by atoms with E-state index < -0.39 is 0 Å². The molecule has 0 aliphatic rings. The molecule has 0 aliphatic carbocycles. The monoisotopic (exact) mass is 384 g/mol. The van der Waals surface area contributed by atoms with Gasteiger partial charge >= 0.3 is 0 Å². The molecule has 7 heteroatoms. The zero-order valence-corrected chi connectivity index (χ0v) is 15.8. The Morgan fingerprint density at radius 2 is 1.90 bits per heavy atom. The highest BCUT2D eigenvalue weighted by molar-refractivity contribution is 5.94. The third kappa shape index (κ3) is 3.66. The Labute approximate surface area is 167 Å². The Balaban J connectivity index is 1.78. The van der Waals surface area contributed by atoms with Gasteiger partial charge in [-0.2, -0.15) is 0 Å². The lowest BCUT2D eigenvalue weighted by atomic mass is 10.1. The van der Waals surface area contributed by atoms with Crippen molar-refractivity contribution < 1.29 is 4.79 Å². The molecule has 0 saturated heterocycles. The number of hydrogen-bond acceptors (Lipinski definition) is 5. The highest BCUT2D eigenvalue weighted by Gasteiger charge is 2.13. The number of amides is 1. The first-order chi connectivity index (χ1) is 14.0. The van der Waals surface area contributed by atoms with Crippen LogP contribution in [0.4, 0.5) is 22.9 Å². The molecule has 1 aromatic heterocycles. The van der Waals surface area contributed by atoms with Crippen LogP contribution in [0.1, 0.15) is 12.5 Å². The Morgan fingerprint density at radius 3 is 2.69 bits per heavy atom. The van der Waals surface area contributed by atoms with Gasteiger partial charge in [0.15, 0.2) is 5.82 Å². The molecule has 0 spiro atoms. The average Bonchev–Trinajstić information content (AvgIpc) is 3.08. The summed E-state index contributed by atoms with van der Waals surface area (Å²) in [5, 5.41) is 19.3. The topological polar surface area (TPSA) is 109 Å². The van der Waals surface area contributed by atoms with Gasteiger partial charge in [-0.05, 0) is 48.5 Å². The van der Waals surface area contributed by atoms with Gasteiger partial charge < -0.3 is 21.8 Å². The fourth-order valence-corrected chi connectivity index (χ4v) is 3.19. The van der Waals surface area contributed by atoms with Crippen LogP contribution in [0.3, 0.4) is 0 Å². The highest BCUT2D eigenvalue weighted by atomic mass is 16.1. The molecule has 0 bridgehead atoms. The number of carbonyl (C=O) groups is 1. The van der Waals surface area contributed by atoms with Crippen LogP contribution in [0.15, 0.2) is 66.7 Å². The number of aromatic nitrogens is 2. The Kier molecular flexibility index (Phi) is 4.70. The van der Waals surface area contributed by atoms with Crippen LogP contribution in [-0.2, 0) is 4.79 Å². The molecular weight excluding hydrogens is 364 g/mol. The molecular formula is C22H20N6O. The molecule has 29 heavy (non-hydrogen) atoms. The molecule has 0 radical (unpaired) electrons. The van der Waals surface area contributed by atoms with E-state index >= 15 is 0 Å². The molecule has 4 aromatic rings. The number of fused-ring (bicyclic) bond motifs is 1. The molecule has 3 aromatic carbocycles. The summed E-state index contributed by atoms with van der Waals surface area (Å²) in [6.07, 6.45) is 1.23. The second-order valence-electron chi connectivity index (χ2n) is 6.62. The molecule has 5 N–H and O–H groups in total. The van der Waals surface area contributed by atoms with Gasteiger partial charge in [0.25, 0.3) is 0 Å². The zero-order valence-electron chi connectivity index (χ0n) is 15.8. The van der Waals surface area contributed by atoms with E-state index in [4.69, 9.17) is 16.2 Å². The zero-order chi connectivity index (χ0) is 20.4. The number of carbonyl (C=O) groups excluding carboxylic acids is 1. The van der Waals surface area contributed by atoms with E-state index in [1.165, 1.54) is 13.1 Å². The number of nitrogens with one attached hydrogen (secondary N) is 3. The number of para-hydroxylation sites is 1. The van der Waals surface area contributed by atoms with Crippen molar-refractivity contribution in [3.05, 3.63) is 72.3 Å². The van der Waals surface area contributed by atoms with Crippen LogP contribution in [0.2, 0.25) is 0 Å². The van der Waals surface area contributed by atoms with Crippen molar-refractivity contribution in [2.24, 2.45) is 0 Å². The second kappa shape index (κ2) is 7.47. The van der Waals surface area contributed by atoms with Gasteiger partial charge in [-0.3, -0.25) is 4.79 Å². The van der Waals surface area contributed by atoms with Gasteiger partial charge in [0.05, 0.1) is 11.2 Å². The maximum Gasteiger partial charge on any atom is 0.221 e. The summed E-state index contributed by atoms with van der Waals surface area (Å²) < 4.78 is 1.83. The second-order valence-corrected chi connectivity index (χ2v) is 6.62. The normalized spacial score (nSPS) is 10.7. The summed E-state index contributed by atoms with van der Waals surface area (Å²) in [6, 6.07) is 20.9. The third-order valence-electron chi connectivity index (χ3n) is 4.50. The summed E-state index contributed by atoms with van der Waals surface area (Å²) in [4.78, 5) is 11.4. The van der Waals surface area contributed by atoms with E-state index in [2.05, 4.69) is 10.6 Å². The van der Waals surface area contributed by atoms with Gasteiger partial charge in [-0.25, -0.2) is 4.68 Å². The van der Waals surface area contributed by atoms with Crippen LogP contribution in [-0.4, -0.2) is 21.9 Å². The van der Waals surface area contributed by atoms with Crippen LogP contribution in [0.25, 0.3) is 16.6 Å². The lowest BCUT2D eigenvalue weighted by Crippen LogP contribution is -2.06. The molecule has 0 saturated carbocycles. The predicted octanol–water partition coefficient (Wildman–Crippen LogP) is 4.31. The molecule has 4 rings (SSSR count). The Morgan fingerprint density at radius 1 is 1.07 bits per heavy atom. The number of rotatable bonds is 5. The third-order valence-corrected chi connectivity index (χ3v) is 4.50. The van der Waals surface area contributed by atoms with Crippen LogP contribution in [0, 0.1) is 5.41 Å². The number of nitrogens with zero attached hydrogens (tertiary/aromatic N) is 2. The van der Waals surface area contributed by atoms with Crippen molar-refractivity contribution in [1.82, 2.24) is 9.78 Å². The lowest BCUT2D eigenvalue weighted by molar-refractivity contribution is -0.114. The molecule has 1 heterocycles. The van der Waals surface area contributed by atoms with Crippen molar-refractivity contribution in [1.29, 1.82) is 5.41 Å². The maximum atomic E-state index is 11.4. The lowest BCUT2D eigenvalue weighted by Gasteiger charge is -2.07. The van der Waals surface area contributed by atoms with Crippen LogP contribution < -0.4 is 16.4 Å². The van der Waals surface area contributed by atoms with E-state index in [0.717, 1.165) is 22.3 Å². The number of hydrogen-bond donors (Lipinski definition) is 4. The van der Waals surface area contributed by atoms with Crippen molar-refractivity contribution >= 4 is 45.9 Å². The summed E-state index contributed by atoms with van der Waals surface area (Å²) >= 11 is 0. The van der Waals surface area contributed by atoms with Crippen molar-refractivity contribution in [3.8, 4) is 5.69 Å². The van der Waals surface area contributed by atoms with E-state index in [1.54, 1.807) is 6.07 Å². The summed E-state index contributed by atoms with van der Waals surface area (Å²) in [6.45, 7) is 1.48. The van der Waals surface area contributed by atoms with Gasteiger partial charge in [0.1, 0.15) is 0 Å². The predicted molar refractivity (Wildman–Crippen MR) is 117 cm³/mol. The number of benzene rings is 3. The maximum absolute atomic E-state index is 11.4. The summed E-state index contributed by atoms with van der Waals surface area (Å²) in [5.74, 6) is 0.561. The molecule has 1 amide bonds. The minimum Gasteiger partial charge on any atom is -0.398 e. The van der Waals surface area contributed by atoms with Crippen molar-refractivity contribution in [3.63, 3.8) is 0 Å². The van der Waals surface area contributed by atoms with Crippen LogP contribution >= 0.6 is 0 Å². The molecule has 0 fully saturated rings. The van der Waals surface area contributed by atoms with Crippen LogP contribution in [0.5, 0.6) is 0 Å². The number of nitrogen functional groups attached to an aromatic ring is 1. The standard InChI is InChI=1S/C22H20N6O/c1-14(29)25-16-5-4-6-18(12-16)28-21-8-3-2-7-19(21)22(27-28)26-17-9-10-20(24)15(11-17)13-23/h2-13,23H,24H2,1H3,(H,25,29)(H,26,27).